The maximum absolute atomic E-state index is 12.5. The van der Waals surface area contributed by atoms with Gasteiger partial charge in [0.05, 0.1) is 43.3 Å². The van der Waals surface area contributed by atoms with E-state index in [4.69, 9.17) is 33.2 Å². The third kappa shape index (κ3) is 32.4. The van der Waals surface area contributed by atoms with Gasteiger partial charge in [0.2, 0.25) is 50.1 Å². The third-order valence-electron chi connectivity index (χ3n) is 22.9. The van der Waals surface area contributed by atoms with Gasteiger partial charge >= 0.3 is 30.5 Å². The number of nitro benzene ring substituents is 1. The van der Waals surface area contributed by atoms with Crippen LogP contribution in [-0.2, 0) is 59.6 Å². The molecule has 40 heteroatoms. The van der Waals surface area contributed by atoms with Crippen LogP contribution in [0.25, 0.3) is 0 Å². The average Bonchev–Trinajstić information content (AvgIpc) is 0.844. The molecule has 0 aliphatic carbocycles. The number of carbonyl (C=O) groups excluding carboxylic acids is 5. The topological polar surface area (TPSA) is 413 Å². The quantitative estimate of drug-likeness (QED) is 0.0407. The van der Waals surface area contributed by atoms with Gasteiger partial charge in [0.25, 0.3) is 5.69 Å². The third-order valence-corrected chi connectivity index (χ3v) is 29.4. The van der Waals surface area contributed by atoms with Gasteiger partial charge in [-0.05, 0) is 236 Å². The van der Waals surface area contributed by atoms with Gasteiger partial charge in [-0.3, -0.25) is 10.1 Å². The molecule has 0 unspecified atom stereocenters. The first-order valence-corrected chi connectivity index (χ1v) is 51.8. The molecule has 35 nitrogen and oxygen atoms in total. The molecule has 704 valence electrons. The number of carbonyl (C=O) groups is 5. The summed E-state index contributed by atoms with van der Waals surface area (Å²) in [5, 5.41) is 19.8. The Labute approximate surface area is 752 Å². The summed E-state index contributed by atoms with van der Waals surface area (Å²) in [6, 6.07) is 42.1. The Morgan fingerprint density at radius 1 is 0.312 bits per heavy atom. The van der Waals surface area contributed by atoms with Gasteiger partial charge in [-0.1, -0.05) is 60.7 Å². The molecular formula is C88H122N10O25S5. The summed E-state index contributed by atoms with van der Waals surface area (Å²) in [7, 11) is -13.8. The van der Waals surface area contributed by atoms with Crippen LogP contribution in [0.1, 0.15) is 163 Å². The van der Waals surface area contributed by atoms with E-state index in [0.29, 0.717) is 159 Å². The number of methoxy groups -OCH3 is 1. The van der Waals surface area contributed by atoms with Crippen molar-refractivity contribution in [3.05, 3.63) is 184 Å². The second-order valence-corrected chi connectivity index (χ2v) is 44.5. The number of hydrogen-bond donors (Lipinski definition) is 1. The molecule has 128 heavy (non-hydrogen) atoms. The Morgan fingerprint density at radius 2 is 0.508 bits per heavy atom. The highest BCUT2D eigenvalue weighted by Crippen LogP contribution is 2.36. The molecule has 0 saturated carbocycles. The van der Waals surface area contributed by atoms with Crippen molar-refractivity contribution in [1.29, 1.82) is 0 Å². The summed E-state index contributed by atoms with van der Waals surface area (Å²) in [4.78, 5) is 77.6. The molecule has 1 N–H and O–H groups in total. The molecule has 7 saturated heterocycles. The van der Waals surface area contributed by atoms with Crippen LogP contribution in [0.3, 0.4) is 0 Å². The lowest BCUT2D eigenvalue weighted by Crippen LogP contribution is -2.52. The predicted octanol–water partition coefficient (Wildman–Crippen LogP) is 12.4. The first-order valence-electron chi connectivity index (χ1n) is 42.6. The second-order valence-electron chi connectivity index (χ2n) is 34.6. The van der Waals surface area contributed by atoms with E-state index in [0.717, 1.165) is 86.6 Å². The van der Waals surface area contributed by atoms with Crippen LogP contribution in [0.15, 0.2) is 146 Å². The van der Waals surface area contributed by atoms with Gasteiger partial charge in [-0.2, -0.15) is 0 Å². The van der Waals surface area contributed by atoms with Gasteiger partial charge in [0.15, 0.2) is 0 Å². The summed E-state index contributed by atoms with van der Waals surface area (Å²) in [6.07, 6.45) is 11.7. The minimum absolute atomic E-state index is 0.108. The van der Waals surface area contributed by atoms with E-state index >= 15 is 0 Å². The Bertz CT molecular complexity index is 5120. The highest BCUT2D eigenvalue weighted by Gasteiger charge is 2.35. The van der Waals surface area contributed by atoms with Crippen LogP contribution in [0.4, 0.5) is 29.7 Å². The predicted molar refractivity (Wildman–Crippen MR) is 483 cm³/mol. The number of nitrogens with zero attached hydrogens (tertiary/aromatic N) is 10. The van der Waals surface area contributed by atoms with E-state index in [-0.39, 0.29) is 35.3 Å². The monoisotopic (exact) mass is 1880 g/mol. The number of nitro groups is 1. The second kappa shape index (κ2) is 45.2. The molecule has 4 amide bonds. The van der Waals surface area contributed by atoms with Crippen LogP contribution in [0.2, 0.25) is 0 Å². The fourth-order valence-corrected chi connectivity index (χ4v) is 20.0. The minimum atomic E-state index is -3.16. The van der Waals surface area contributed by atoms with Gasteiger partial charge in [-0.25, -0.2) is 87.6 Å². The van der Waals surface area contributed by atoms with Crippen molar-refractivity contribution >= 4 is 86.3 Å². The lowest BCUT2D eigenvalue weighted by atomic mass is 9.90. The highest BCUT2D eigenvalue weighted by molar-refractivity contribution is 7.89. The molecule has 6 aromatic carbocycles. The molecule has 6 aromatic rings. The largest absolute Gasteiger partial charge is 0.519 e. The molecule has 7 aliphatic rings. The van der Waals surface area contributed by atoms with Gasteiger partial charge in [0.1, 0.15) is 45.7 Å². The normalized spacial score (nSPS) is 18.2. The first-order chi connectivity index (χ1) is 60.0. The average molecular weight is 1880 g/mol. The zero-order valence-electron chi connectivity index (χ0n) is 74.8. The van der Waals surface area contributed by atoms with Crippen LogP contribution in [0, 0.1) is 10.1 Å². The summed E-state index contributed by atoms with van der Waals surface area (Å²) >= 11 is 0. The van der Waals surface area contributed by atoms with Gasteiger partial charge in [0, 0.05) is 130 Å². The van der Waals surface area contributed by atoms with E-state index in [1.165, 1.54) is 83.9 Å². The number of piperidine rings is 5. The van der Waals surface area contributed by atoms with Crippen molar-refractivity contribution in [3.8, 4) is 34.5 Å². The lowest BCUT2D eigenvalue weighted by Gasteiger charge is -2.35. The number of phenols is 1. The number of aromatic hydroxyl groups is 1. The molecule has 7 aliphatic heterocycles. The molecule has 0 atom stereocenters. The van der Waals surface area contributed by atoms with E-state index in [1.54, 1.807) is 79.5 Å². The van der Waals surface area contributed by atoms with Crippen LogP contribution >= 0.6 is 0 Å². The molecule has 0 spiro atoms. The Kier molecular flexibility index (Phi) is 36.0. The zero-order chi connectivity index (χ0) is 93.7. The SMILES string of the molecule is CC(C)(C)OC(=O)N1CCN(C(=O)Oc2ccc(C3CCN(S(C)(=O)=O)CC3)cc2)CC1.CC(C)(C)OC(=O)N1CCN(C(=O)Oc2ccc(C3CCN(S(C)(=O)=O)CC3)cc2)CC1.COc1ccc(C2CCN(S(C)(=O)=O)CC2)cc1.CS(=O)(=O)N1CCC(c2ccc(O)cc2)CC1.CS(=O)(=O)N1CCC(c2ccc(OC(=O)Oc3ccc([N+](=O)[O-])cc3)cc2)CC1. The van der Waals surface area contributed by atoms with Crippen LogP contribution in [0.5, 0.6) is 34.5 Å². The lowest BCUT2D eigenvalue weighted by molar-refractivity contribution is -0.384. The fourth-order valence-electron chi connectivity index (χ4n) is 15.6. The maximum atomic E-state index is 12.5. The smallest absolute Gasteiger partial charge is 0.508 e. The number of benzene rings is 6. The summed E-state index contributed by atoms with van der Waals surface area (Å²) in [5.74, 6) is 4.15. The molecule has 0 aromatic heterocycles. The van der Waals surface area contributed by atoms with Crippen LogP contribution < -0.4 is 23.7 Å². The van der Waals surface area contributed by atoms with E-state index < -0.39 is 84.6 Å². The maximum Gasteiger partial charge on any atom is 0.519 e. The van der Waals surface area contributed by atoms with Crippen molar-refractivity contribution in [1.82, 2.24) is 41.1 Å². The van der Waals surface area contributed by atoms with Crippen molar-refractivity contribution in [2.24, 2.45) is 0 Å². The molecule has 0 radical (unpaired) electrons. The Balaban J connectivity index is 0.000000184. The summed E-state index contributed by atoms with van der Waals surface area (Å²) < 4.78 is 160. The number of piperazine rings is 2. The van der Waals surface area contributed by atoms with Crippen LogP contribution in [-0.4, -0.2) is 291 Å². The molecule has 13 rings (SSSR count). The number of sulfonamides is 5. The summed E-state index contributed by atoms with van der Waals surface area (Å²) in [6.45, 7) is 19.5. The number of rotatable bonds is 16. The van der Waals surface area contributed by atoms with Crippen molar-refractivity contribution in [2.45, 2.75) is 147 Å². The molecule has 0 bridgehead atoms. The fraction of sp³-hybridized carbons (Fsp3) is 0.534. The van der Waals surface area contributed by atoms with Gasteiger partial charge < -0.3 is 57.9 Å². The highest BCUT2D eigenvalue weighted by atomic mass is 32.2. The Hall–Kier alpha value is -9.78. The number of phenolic OH excluding ortho intramolecular Hbond substituents is 1. The van der Waals surface area contributed by atoms with E-state index in [2.05, 4.69) is 12.1 Å². The van der Waals surface area contributed by atoms with Crippen molar-refractivity contribution in [3.63, 3.8) is 0 Å². The van der Waals surface area contributed by atoms with E-state index in [1.807, 2.05) is 102 Å². The molecule has 7 fully saturated rings. The van der Waals surface area contributed by atoms with Crippen molar-refractivity contribution in [2.75, 3.05) is 156 Å². The van der Waals surface area contributed by atoms with E-state index in [9.17, 15) is 81.3 Å². The first kappa shape index (κ1) is 102. The Morgan fingerprint density at radius 3 is 0.711 bits per heavy atom. The summed E-state index contributed by atoms with van der Waals surface area (Å²) in [5.41, 5.74) is 4.51. The standard InChI is InChI=1S/2C22H33N3O6S.C19H20N2O7S.C13H19NO3S.C12H17NO3S/c2*1-22(2,3)31-21(27)24-15-13-23(14-16-24)20(26)30-19-7-5-17(6-8-19)18-9-11-25(12-10-18)32(4,28)29;1-29(25,26)20-12-10-15(11-13-20)14-2-6-17(7-3-14)27-19(22)28-18-8-4-16(5-9-18)21(23)24;1-17-13-5-3-11(4-6-13)12-7-9-14(10-8-12)18(2,15)16;1-17(15,16)13-8-6-11(7-9-13)10-2-4-12(14)5-3-10/h2*5-8,18H,9-16H2,1-4H3;2-9,15H,10-13H2,1H3;3-6,12H,7-10H2,1-2H3;2-5,11,14H,6-9H2,1H3. The molecule has 7 heterocycles. The van der Waals surface area contributed by atoms with Gasteiger partial charge in [-0.15, -0.1) is 0 Å². The molecular weight excluding hydrogens is 1760 g/mol. The minimum Gasteiger partial charge on any atom is -0.508 e. The zero-order valence-corrected chi connectivity index (χ0v) is 78.9. The number of amides is 4. The number of ether oxygens (including phenoxy) is 7. The van der Waals surface area contributed by atoms with Crippen molar-refractivity contribution < 1.29 is 109 Å². The number of non-ortho nitro benzene ring substituents is 1. The number of hydrogen-bond acceptors (Lipinski definition) is 25.